The maximum Gasteiger partial charge on any atom is 0.416 e. The number of nitrogens with zero attached hydrogens (tertiary/aromatic N) is 2. The number of hydrogen-bond donors (Lipinski definition) is 1. The van der Waals surface area contributed by atoms with Gasteiger partial charge in [0.05, 0.1) is 23.1 Å². The first kappa shape index (κ1) is 25.2. The average Bonchev–Trinajstić information content (AvgIpc) is 2.84. The van der Waals surface area contributed by atoms with Crippen molar-refractivity contribution in [1.29, 1.82) is 0 Å². The van der Waals surface area contributed by atoms with Gasteiger partial charge in [0.1, 0.15) is 0 Å². The second kappa shape index (κ2) is 9.29. The summed E-state index contributed by atoms with van der Waals surface area (Å²) in [6.07, 6.45) is -7.12. The standard InChI is InChI=1S/C25H19F6N3O2/c1-34-21(15-9-16(24(26,27)28)11-17(10-15)25(29,30)31)20(18-6-2-3-7-19(18)23(34)36)22(35)33-13-14-5-4-8-32-12-14/h2-12,20-21H,13H2,1H3,(H,33,35). The molecule has 11 heteroatoms. The van der Waals surface area contributed by atoms with Crippen molar-refractivity contribution in [2.24, 2.45) is 0 Å². The van der Waals surface area contributed by atoms with E-state index >= 15 is 0 Å². The highest BCUT2D eigenvalue weighted by atomic mass is 19.4. The predicted molar refractivity (Wildman–Crippen MR) is 117 cm³/mol. The minimum Gasteiger partial charge on any atom is -0.351 e. The third-order valence-corrected chi connectivity index (χ3v) is 6.00. The Hall–Kier alpha value is -3.89. The Morgan fingerprint density at radius 3 is 2.19 bits per heavy atom. The van der Waals surface area contributed by atoms with Gasteiger partial charge >= 0.3 is 12.4 Å². The van der Waals surface area contributed by atoms with Crippen LogP contribution in [0.2, 0.25) is 0 Å². The number of pyridine rings is 1. The summed E-state index contributed by atoms with van der Waals surface area (Å²) in [5.74, 6) is -2.57. The summed E-state index contributed by atoms with van der Waals surface area (Å²) in [7, 11) is 1.25. The van der Waals surface area contributed by atoms with Crippen LogP contribution in [-0.2, 0) is 23.7 Å². The fourth-order valence-electron chi connectivity index (χ4n) is 4.33. The van der Waals surface area contributed by atoms with E-state index in [1.165, 1.54) is 31.6 Å². The second-order valence-corrected chi connectivity index (χ2v) is 8.34. The maximum absolute atomic E-state index is 13.5. The molecule has 2 atom stereocenters. The summed E-state index contributed by atoms with van der Waals surface area (Å²) >= 11 is 0. The summed E-state index contributed by atoms with van der Waals surface area (Å²) in [5, 5.41) is 2.67. The summed E-state index contributed by atoms with van der Waals surface area (Å²) in [4.78, 5) is 31.4. The van der Waals surface area contributed by atoms with E-state index in [0.29, 0.717) is 17.7 Å². The average molecular weight is 507 g/mol. The number of nitrogens with one attached hydrogen (secondary N) is 1. The Bertz CT molecular complexity index is 1260. The number of likely N-dealkylation sites (N-methyl/N-ethyl adjacent to an activating group) is 1. The molecule has 0 fully saturated rings. The second-order valence-electron chi connectivity index (χ2n) is 8.34. The molecule has 2 amide bonds. The zero-order valence-corrected chi connectivity index (χ0v) is 18.7. The number of carbonyl (C=O) groups is 2. The summed E-state index contributed by atoms with van der Waals surface area (Å²) in [5.41, 5.74) is -2.53. The number of fused-ring (bicyclic) bond motifs is 1. The number of amides is 2. The zero-order valence-electron chi connectivity index (χ0n) is 18.7. The van der Waals surface area contributed by atoms with Crippen LogP contribution in [0.15, 0.2) is 67.0 Å². The maximum atomic E-state index is 13.5. The molecule has 188 valence electrons. The minimum absolute atomic E-state index is 0.0135. The molecule has 2 aromatic carbocycles. The van der Waals surface area contributed by atoms with Crippen LogP contribution >= 0.6 is 0 Å². The third kappa shape index (κ3) is 4.91. The Morgan fingerprint density at radius 2 is 1.61 bits per heavy atom. The first-order valence-corrected chi connectivity index (χ1v) is 10.7. The molecule has 0 radical (unpaired) electrons. The molecule has 1 aliphatic heterocycles. The fourth-order valence-corrected chi connectivity index (χ4v) is 4.33. The summed E-state index contributed by atoms with van der Waals surface area (Å²) in [6.45, 7) is 0.0200. The number of halogens is 6. The first-order valence-electron chi connectivity index (χ1n) is 10.7. The minimum atomic E-state index is -5.08. The van der Waals surface area contributed by atoms with E-state index in [4.69, 9.17) is 0 Å². The normalized spacial score (nSPS) is 18.1. The van der Waals surface area contributed by atoms with Crippen LogP contribution in [0.1, 0.15) is 50.1 Å². The SMILES string of the molecule is CN1C(=O)c2ccccc2C(C(=O)NCc2cccnc2)C1c1cc(C(F)(F)F)cc(C(F)(F)F)c1. The topological polar surface area (TPSA) is 62.3 Å². The van der Waals surface area contributed by atoms with Crippen LogP contribution in [0.4, 0.5) is 26.3 Å². The van der Waals surface area contributed by atoms with Crippen molar-refractivity contribution in [3.63, 3.8) is 0 Å². The monoisotopic (exact) mass is 507 g/mol. The lowest BCUT2D eigenvalue weighted by molar-refractivity contribution is -0.143. The molecule has 36 heavy (non-hydrogen) atoms. The van der Waals surface area contributed by atoms with E-state index < -0.39 is 52.8 Å². The first-order chi connectivity index (χ1) is 16.9. The van der Waals surface area contributed by atoms with Crippen molar-refractivity contribution in [2.45, 2.75) is 30.9 Å². The van der Waals surface area contributed by atoms with E-state index in [2.05, 4.69) is 10.3 Å². The number of alkyl halides is 6. The van der Waals surface area contributed by atoms with Gasteiger partial charge in [0.2, 0.25) is 5.91 Å². The highest BCUT2D eigenvalue weighted by Gasteiger charge is 2.45. The number of aromatic nitrogens is 1. The van der Waals surface area contributed by atoms with Gasteiger partial charge in [-0.05, 0) is 47.0 Å². The lowest BCUT2D eigenvalue weighted by Gasteiger charge is -2.40. The van der Waals surface area contributed by atoms with Crippen LogP contribution in [0.5, 0.6) is 0 Å². The van der Waals surface area contributed by atoms with Crippen LogP contribution in [0.3, 0.4) is 0 Å². The summed E-state index contributed by atoms with van der Waals surface area (Å²) in [6, 6.07) is 9.07. The molecule has 0 saturated carbocycles. The molecule has 5 nitrogen and oxygen atoms in total. The van der Waals surface area contributed by atoms with Gasteiger partial charge in [-0.2, -0.15) is 26.3 Å². The number of benzene rings is 2. The van der Waals surface area contributed by atoms with Crippen LogP contribution in [0.25, 0.3) is 0 Å². The van der Waals surface area contributed by atoms with Crippen molar-refractivity contribution in [3.8, 4) is 0 Å². The van der Waals surface area contributed by atoms with Gasteiger partial charge in [0, 0.05) is 31.5 Å². The quantitative estimate of drug-likeness (QED) is 0.485. The van der Waals surface area contributed by atoms with E-state index in [-0.39, 0.29) is 23.7 Å². The van der Waals surface area contributed by atoms with E-state index in [1.54, 1.807) is 24.3 Å². The van der Waals surface area contributed by atoms with Crippen molar-refractivity contribution in [2.75, 3.05) is 7.05 Å². The molecule has 4 rings (SSSR count). The van der Waals surface area contributed by atoms with Gasteiger partial charge in [-0.1, -0.05) is 24.3 Å². The molecular weight excluding hydrogens is 488 g/mol. The van der Waals surface area contributed by atoms with Gasteiger partial charge in [-0.15, -0.1) is 0 Å². The third-order valence-electron chi connectivity index (χ3n) is 6.00. The molecule has 0 aliphatic carbocycles. The van der Waals surface area contributed by atoms with Gasteiger partial charge in [-0.25, -0.2) is 0 Å². The molecule has 2 heterocycles. The molecule has 0 saturated heterocycles. The van der Waals surface area contributed by atoms with Crippen LogP contribution in [-0.4, -0.2) is 28.7 Å². The molecule has 2 unspecified atom stereocenters. The molecule has 3 aromatic rings. The van der Waals surface area contributed by atoms with Crippen molar-refractivity contribution < 1.29 is 35.9 Å². The van der Waals surface area contributed by atoms with Crippen LogP contribution < -0.4 is 5.32 Å². The molecule has 0 spiro atoms. The highest BCUT2D eigenvalue weighted by Crippen LogP contribution is 2.45. The number of carbonyl (C=O) groups excluding carboxylic acids is 2. The molecule has 1 N–H and O–H groups in total. The van der Waals surface area contributed by atoms with E-state index in [0.717, 1.165) is 4.90 Å². The lowest BCUT2D eigenvalue weighted by atomic mass is 9.78. The Labute approximate surface area is 201 Å². The predicted octanol–water partition coefficient (Wildman–Crippen LogP) is 5.35. The lowest BCUT2D eigenvalue weighted by Crippen LogP contribution is -2.45. The number of rotatable bonds is 4. The highest BCUT2D eigenvalue weighted by molar-refractivity contribution is 6.01. The number of hydrogen-bond acceptors (Lipinski definition) is 3. The van der Waals surface area contributed by atoms with Crippen molar-refractivity contribution >= 4 is 11.8 Å². The van der Waals surface area contributed by atoms with Crippen molar-refractivity contribution in [1.82, 2.24) is 15.2 Å². The smallest absolute Gasteiger partial charge is 0.351 e. The molecule has 1 aromatic heterocycles. The van der Waals surface area contributed by atoms with Crippen molar-refractivity contribution in [3.05, 3.63) is 100 Å². The van der Waals surface area contributed by atoms with E-state index in [1.807, 2.05) is 0 Å². The zero-order chi connectivity index (χ0) is 26.3. The molecule has 1 aliphatic rings. The van der Waals surface area contributed by atoms with Gasteiger partial charge in [0.25, 0.3) is 5.91 Å². The largest absolute Gasteiger partial charge is 0.416 e. The Balaban J connectivity index is 1.85. The van der Waals surface area contributed by atoms with Gasteiger partial charge in [0.15, 0.2) is 0 Å². The Kier molecular flexibility index (Phi) is 6.50. The fraction of sp³-hybridized carbons (Fsp3) is 0.240. The van der Waals surface area contributed by atoms with E-state index in [9.17, 15) is 35.9 Å². The Morgan fingerprint density at radius 1 is 0.972 bits per heavy atom. The van der Waals surface area contributed by atoms with Gasteiger partial charge < -0.3 is 10.2 Å². The molecular formula is C25H19F6N3O2. The van der Waals surface area contributed by atoms with Gasteiger partial charge in [-0.3, -0.25) is 14.6 Å². The van der Waals surface area contributed by atoms with Crippen LogP contribution in [0, 0.1) is 0 Å². The summed E-state index contributed by atoms with van der Waals surface area (Å²) < 4.78 is 81.3. The molecule has 0 bridgehead atoms.